The molecule has 1 fully saturated rings. The number of nitro benzene ring substituents is 1. The number of nitrogens with zero attached hydrogens (tertiary/aromatic N) is 3. The Kier molecular flexibility index (Phi) is 5.93. The van der Waals surface area contributed by atoms with Gasteiger partial charge >= 0.3 is 11.7 Å². The molecule has 1 heterocycles. The van der Waals surface area contributed by atoms with Crippen molar-refractivity contribution in [3.8, 4) is 0 Å². The molecule has 142 valence electrons. The lowest BCUT2D eigenvalue weighted by atomic mass is 10.1. The van der Waals surface area contributed by atoms with Gasteiger partial charge in [-0.05, 0) is 17.7 Å². The Morgan fingerprint density at radius 1 is 1.19 bits per heavy atom. The third-order valence-electron chi connectivity index (χ3n) is 4.68. The minimum absolute atomic E-state index is 0.0540. The summed E-state index contributed by atoms with van der Waals surface area (Å²) in [5.41, 5.74) is 1.35. The zero-order valence-corrected chi connectivity index (χ0v) is 15.4. The van der Waals surface area contributed by atoms with Gasteiger partial charge in [-0.25, -0.2) is 0 Å². The monoisotopic (exact) mass is 389 g/mol. The molecule has 0 saturated carbocycles. The lowest BCUT2D eigenvalue weighted by molar-refractivity contribution is -0.384. The Hall–Kier alpha value is -2.64. The van der Waals surface area contributed by atoms with Gasteiger partial charge in [-0.3, -0.25) is 19.8 Å². The minimum atomic E-state index is -0.934. The molecule has 0 bridgehead atoms. The fourth-order valence-electron chi connectivity index (χ4n) is 3.51. The third kappa shape index (κ3) is 4.56. The van der Waals surface area contributed by atoms with Crippen LogP contribution in [0.4, 0.5) is 11.4 Å². The molecular formula is C19H20ClN3O4. The van der Waals surface area contributed by atoms with Gasteiger partial charge in [0.05, 0.1) is 17.4 Å². The zero-order chi connectivity index (χ0) is 19.4. The summed E-state index contributed by atoms with van der Waals surface area (Å²) in [6, 6.07) is 14.3. The predicted octanol–water partition coefficient (Wildman–Crippen LogP) is 3.41. The fourth-order valence-corrected chi connectivity index (χ4v) is 3.75. The molecule has 1 aliphatic heterocycles. The number of rotatable bonds is 6. The van der Waals surface area contributed by atoms with E-state index >= 15 is 0 Å². The number of anilines is 1. The first-order chi connectivity index (χ1) is 13.0. The average molecular weight is 390 g/mol. The molecule has 8 heteroatoms. The van der Waals surface area contributed by atoms with Gasteiger partial charge in [0.25, 0.3) is 0 Å². The van der Waals surface area contributed by atoms with Gasteiger partial charge in [-0.1, -0.05) is 48.0 Å². The lowest BCUT2D eigenvalue weighted by Crippen LogP contribution is -2.53. The largest absolute Gasteiger partial charge is 0.481 e. The first-order valence-corrected chi connectivity index (χ1v) is 9.01. The zero-order valence-electron chi connectivity index (χ0n) is 14.6. The number of hydrogen-bond acceptors (Lipinski definition) is 5. The van der Waals surface area contributed by atoms with E-state index in [2.05, 4.69) is 4.90 Å². The maximum Gasteiger partial charge on any atom is 0.310 e. The predicted molar refractivity (Wildman–Crippen MR) is 103 cm³/mol. The Labute approximate surface area is 161 Å². The number of carbonyl (C=O) groups is 1. The highest BCUT2D eigenvalue weighted by molar-refractivity contribution is 6.33. The summed E-state index contributed by atoms with van der Waals surface area (Å²) in [5.74, 6) is -0.934. The molecule has 2 aromatic rings. The number of carboxylic acids is 1. The molecule has 7 nitrogen and oxygen atoms in total. The Balaban J connectivity index is 1.85. The number of halogens is 1. The summed E-state index contributed by atoms with van der Waals surface area (Å²) < 4.78 is 0. The Bertz CT molecular complexity index is 831. The number of nitro groups is 1. The second-order valence-electron chi connectivity index (χ2n) is 6.53. The Morgan fingerprint density at radius 3 is 2.59 bits per heavy atom. The molecule has 2 aromatic carbocycles. The van der Waals surface area contributed by atoms with Crippen LogP contribution in [0.1, 0.15) is 12.0 Å². The first kappa shape index (κ1) is 19.1. The molecule has 27 heavy (non-hydrogen) atoms. The summed E-state index contributed by atoms with van der Waals surface area (Å²) in [6.45, 7) is 2.38. The number of piperazine rings is 1. The van der Waals surface area contributed by atoms with Crippen molar-refractivity contribution in [1.82, 2.24) is 4.90 Å². The smallest absolute Gasteiger partial charge is 0.310 e. The van der Waals surface area contributed by atoms with E-state index in [0.717, 1.165) is 5.56 Å². The highest BCUT2D eigenvalue weighted by atomic mass is 35.5. The van der Waals surface area contributed by atoms with E-state index in [0.29, 0.717) is 31.9 Å². The van der Waals surface area contributed by atoms with E-state index in [1.54, 1.807) is 17.0 Å². The SMILES string of the molecule is O=C(O)C[C@@H]1CN(Cc2ccccc2)CCN1c1cccc(Cl)c1[N+](=O)[O-]. The van der Waals surface area contributed by atoms with Gasteiger partial charge in [-0.15, -0.1) is 0 Å². The molecule has 0 aliphatic carbocycles. The molecule has 1 N–H and O–H groups in total. The van der Waals surface area contributed by atoms with Crippen molar-refractivity contribution in [3.63, 3.8) is 0 Å². The van der Waals surface area contributed by atoms with Crippen LogP contribution in [0.25, 0.3) is 0 Å². The number of hydrogen-bond donors (Lipinski definition) is 1. The molecule has 0 spiro atoms. The molecule has 1 saturated heterocycles. The van der Waals surface area contributed by atoms with Crippen molar-refractivity contribution in [3.05, 3.63) is 69.2 Å². The van der Waals surface area contributed by atoms with E-state index in [-0.39, 0.29) is 23.2 Å². The van der Waals surface area contributed by atoms with Gasteiger partial charge in [0.15, 0.2) is 0 Å². The van der Waals surface area contributed by atoms with E-state index < -0.39 is 10.9 Å². The lowest BCUT2D eigenvalue weighted by Gasteiger charge is -2.42. The summed E-state index contributed by atoms with van der Waals surface area (Å²) in [7, 11) is 0. The fraction of sp³-hybridized carbons (Fsp3) is 0.316. The van der Waals surface area contributed by atoms with Crippen molar-refractivity contribution in [1.29, 1.82) is 0 Å². The van der Waals surface area contributed by atoms with Crippen LogP contribution >= 0.6 is 11.6 Å². The van der Waals surface area contributed by atoms with Crippen LogP contribution in [0.15, 0.2) is 48.5 Å². The van der Waals surface area contributed by atoms with E-state index in [1.807, 2.05) is 30.3 Å². The summed E-state index contributed by atoms with van der Waals surface area (Å²) in [4.78, 5) is 26.4. The standard InChI is InChI=1S/C19H20ClN3O4/c20-16-7-4-8-17(19(16)23(26)27)22-10-9-21(13-15(22)11-18(24)25)12-14-5-2-1-3-6-14/h1-8,15H,9-13H2,(H,24,25)/t15-/m1/s1. The molecule has 0 amide bonds. The molecular weight excluding hydrogens is 370 g/mol. The highest BCUT2D eigenvalue weighted by Gasteiger charge is 2.33. The maximum absolute atomic E-state index is 11.5. The highest BCUT2D eigenvalue weighted by Crippen LogP contribution is 2.37. The van der Waals surface area contributed by atoms with Gasteiger partial charge in [0, 0.05) is 26.2 Å². The van der Waals surface area contributed by atoms with Crippen LogP contribution in [0.5, 0.6) is 0 Å². The van der Waals surface area contributed by atoms with Crippen molar-refractivity contribution in [2.75, 3.05) is 24.5 Å². The van der Waals surface area contributed by atoms with Gasteiger partial charge in [0.1, 0.15) is 10.7 Å². The van der Waals surface area contributed by atoms with E-state index in [1.165, 1.54) is 6.07 Å². The van der Waals surface area contributed by atoms with Crippen LogP contribution < -0.4 is 4.90 Å². The van der Waals surface area contributed by atoms with Gasteiger partial charge in [-0.2, -0.15) is 0 Å². The van der Waals surface area contributed by atoms with Crippen LogP contribution in [-0.4, -0.2) is 46.6 Å². The van der Waals surface area contributed by atoms with Crippen molar-refractivity contribution in [2.45, 2.75) is 19.0 Å². The van der Waals surface area contributed by atoms with Crippen molar-refractivity contribution >= 4 is 28.9 Å². The average Bonchev–Trinajstić information content (AvgIpc) is 2.62. The molecule has 1 atom stereocenters. The topological polar surface area (TPSA) is 86.9 Å². The minimum Gasteiger partial charge on any atom is -0.481 e. The van der Waals surface area contributed by atoms with Crippen LogP contribution in [0.3, 0.4) is 0 Å². The quantitative estimate of drug-likeness (QED) is 0.601. The normalized spacial score (nSPS) is 17.7. The third-order valence-corrected chi connectivity index (χ3v) is 4.99. The molecule has 0 aromatic heterocycles. The van der Waals surface area contributed by atoms with Gasteiger partial charge < -0.3 is 10.0 Å². The number of carboxylic acid groups (broad SMARTS) is 1. The Morgan fingerprint density at radius 2 is 1.93 bits per heavy atom. The van der Waals surface area contributed by atoms with Gasteiger partial charge in [0.2, 0.25) is 0 Å². The van der Waals surface area contributed by atoms with E-state index in [9.17, 15) is 20.0 Å². The molecule has 0 unspecified atom stereocenters. The maximum atomic E-state index is 11.5. The molecule has 3 rings (SSSR count). The second kappa shape index (κ2) is 8.37. The molecule has 1 aliphatic rings. The van der Waals surface area contributed by atoms with Crippen molar-refractivity contribution in [2.24, 2.45) is 0 Å². The molecule has 0 radical (unpaired) electrons. The number of aliphatic carboxylic acids is 1. The van der Waals surface area contributed by atoms with Crippen LogP contribution in [-0.2, 0) is 11.3 Å². The summed E-state index contributed by atoms with van der Waals surface area (Å²) in [6.07, 6.45) is -0.102. The number of benzene rings is 2. The van der Waals surface area contributed by atoms with Crippen molar-refractivity contribution < 1.29 is 14.8 Å². The van der Waals surface area contributed by atoms with Crippen LogP contribution in [0.2, 0.25) is 5.02 Å². The summed E-state index contributed by atoms with van der Waals surface area (Å²) in [5, 5.41) is 20.9. The second-order valence-corrected chi connectivity index (χ2v) is 6.94. The van der Waals surface area contributed by atoms with Crippen LogP contribution in [0, 0.1) is 10.1 Å². The number of para-hydroxylation sites is 1. The van der Waals surface area contributed by atoms with E-state index in [4.69, 9.17) is 11.6 Å². The summed E-state index contributed by atoms with van der Waals surface area (Å²) >= 11 is 6.04. The first-order valence-electron chi connectivity index (χ1n) is 8.63.